The number of hydrogen-bond acceptors (Lipinski definition) is 4. The van der Waals surface area contributed by atoms with E-state index < -0.39 is 9.84 Å². The molecule has 0 aromatic heterocycles. The zero-order valence-electron chi connectivity index (χ0n) is 12.1. The highest BCUT2D eigenvalue weighted by molar-refractivity contribution is 7.94. The smallest absolute Gasteiger partial charge is 0.173 e. The Morgan fingerprint density at radius 3 is 2.60 bits per heavy atom. The monoisotopic (exact) mass is 298 g/mol. The second-order valence-corrected chi connectivity index (χ2v) is 8.46. The lowest BCUT2D eigenvalue weighted by Crippen LogP contribution is -2.47. The molecule has 2 fully saturated rings. The van der Waals surface area contributed by atoms with E-state index in [1.807, 2.05) is 6.08 Å². The van der Waals surface area contributed by atoms with Gasteiger partial charge < -0.3 is 5.32 Å². The van der Waals surface area contributed by atoms with Crippen LogP contribution in [-0.2, 0) is 9.84 Å². The maximum Gasteiger partial charge on any atom is 0.173 e. The number of sulfone groups is 1. The van der Waals surface area contributed by atoms with Crippen molar-refractivity contribution in [1.82, 2.24) is 10.2 Å². The molecule has 2 unspecified atom stereocenters. The topological polar surface area (TPSA) is 49.4 Å². The lowest BCUT2D eigenvalue weighted by atomic mass is 9.83. The van der Waals surface area contributed by atoms with E-state index in [2.05, 4.69) is 10.2 Å². The van der Waals surface area contributed by atoms with Gasteiger partial charge in [-0.1, -0.05) is 25.3 Å². The maximum absolute atomic E-state index is 11.6. The molecule has 4 nitrogen and oxygen atoms in total. The van der Waals surface area contributed by atoms with Gasteiger partial charge in [0, 0.05) is 30.6 Å². The molecular formula is C15H26N2O2S. The van der Waals surface area contributed by atoms with Crippen molar-refractivity contribution in [2.45, 2.75) is 50.6 Å². The van der Waals surface area contributed by atoms with Gasteiger partial charge in [0.1, 0.15) is 0 Å². The second-order valence-electron chi connectivity index (χ2n) is 6.53. The summed E-state index contributed by atoms with van der Waals surface area (Å²) in [6, 6.07) is 0.653. The van der Waals surface area contributed by atoms with Gasteiger partial charge >= 0.3 is 0 Å². The molecule has 3 rings (SSSR count). The van der Waals surface area contributed by atoms with Gasteiger partial charge in [-0.25, -0.2) is 8.42 Å². The van der Waals surface area contributed by atoms with Crippen molar-refractivity contribution in [2.24, 2.45) is 5.92 Å². The summed E-state index contributed by atoms with van der Waals surface area (Å²) < 4.78 is 23.2. The number of nitrogens with one attached hydrogen (secondary N) is 1. The molecule has 2 aliphatic heterocycles. The van der Waals surface area contributed by atoms with E-state index in [1.54, 1.807) is 0 Å². The van der Waals surface area contributed by atoms with Crippen LogP contribution in [0.3, 0.4) is 0 Å². The minimum atomic E-state index is -2.94. The van der Waals surface area contributed by atoms with E-state index >= 15 is 0 Å². The Morgan fingerprint density at radius 2 is 1.90 bits per heavy atom. The average molecular weight is 298 g/mol. The van der Waals surface area contributed by atoms with E-state index in [9.17, 15) is 8.42 Å². The molecule has 3 aliphatic rings. The summed E-state index contributed by atoms with van der Waals surface area (Å²) in [4.78, 5) is 2.39. The van der Waals surface area contributed by atoms with E-state index in [0.29, 0.717) is 6.04 Å². The van der Waals surface area contributed by atoms with Crippen molar-refractivity contribution >= 4 is 9.84 Å². The molecule has 2 heterocycles. The van der Waals surface area contributed by atoms with Gasteiger partial charge in [0.15, 0.2) is 9.84 Å². The first kappa shape index (κ1) is 14.5. The third-order valence-electron chi connectivity index (χ3n) is 5.06. The van der Waals surface area contributed by atoms with Gasteiger partial charge in [-0.3, -0.25) is 4.90 Å². The standard InChI is InChI=1S/C15H26N2O2S/c18-20(19)10-7-14(12-20)17-9-4-8-16-15(11-17)13-5-2-1-3-6-13/h7,10,13-16H,1-6,8-9,11-12H2. The molecule has 0 amide bonds. The SMILES string of the molecule is O=S1(=O)C=CC(N2CCCNC(C3CCCCC3)C2)C1. The Bertz CT molecular complexity index is 454. The van der Waals surface area contributed by atoms with Gasteiger partial charge in [0.25, 0.3) is 0 Å². The largest absolute Gasteiger partial charge is 0.312 e. The first-order chi connectivity index (χ1) is 9.64. The fourth-order valence-corrected chi connectivity index (χ4v) is 5.25. The van der Waals surface area contributed by atoms with Gasteiger partial charge in [-0.15, -0.1) is 0 Å². The minimum absolute atomic E-state index is 0.103. The molecule has 0 radical (unpaired) electrons. The van der Waals surface area contributed by atoms with Crippen LogP contribution in [0.15, 0.2) is 11.5 Å². The zero-order valence-corrected chi connectivity index (χ0v) is 12.9. The summed E-state index contributed by atoms with van der Waals surface area (Å²) >= 11 is 0. The van der Waals surface area contributed by atoms with E-state index in [1.165, 1.54) is 37.5 Å². The summed E-state index contributed by atoms with van der Waals surface area (Å²) in [5, 5.41) is 5.12. The molecule has 0 aromatic carbocycles. The molecule has 20 heavy (non-hydrogen) atoms. The molecule has 1 aliphatic carbocycles. The zero-order chi connectivity index (χ0) is 14.0. The van der Waals surface area contributed by atoms with Gasteiger partial charge in [0.2, 0.25) is 0 Å². The van der Waals surface area contributed by atoms with Crippen molar-refractivity contribution in [3.8, 4) is 0 Å². The normalized spacial score (nSPS) is 36.0. The van der Waals surface area contributed by atoms with Gasteiger partial charge in [0.05, 0.1) is 5.75 Å². The van der Waals surface area contributed by atoms with Gasteiger partial charge in [-0.2, -0.15) is 0 Å². The van der Waals surface area contributed by atoms with Crippen molar-refractivity contribution in [3.63, 3.8) is 0 Å². The first-order valence-electron chi connectivity index (χ1n) is 8.02. The van der Waals surface area contributed by atoms with E-state index in [-0.39, 0.29) is 11.8 Å². The molecular weight excluding hydrogens is 272 g/mol. The number of rotatable bonds is 2. The Labute approximate surface area is 122 Å². The first-order valence-corrected chi connectivity index (χ1v) is 9.74. The lowest BCUT2D eigenvalue weighted by molar-refractivity contribution is 0.191. The Morgan fingerprint density at radius 1 is 1.10 bits per heavy atom. The van der Waals surface area contributed by atoms with Crippen molar-refractivity contribution < 1.29 is 8.42 Å². The Kier molecular flexibility index (Phi) is 4.48. The fraction of sp³-hybridized carbons (Fsp3) is 0.867. The van der Waals surface area contributed by atoms with Crippen LogP contribution in [0.4, 0.5) is 0 Å². The molecule has 0 aromatic rings. The van der Waals surface area contributed by atoms with Crippen LogP contribution in [0.5, 0.6) is 0 Å². The van der Waals surface area contributed by atoms with E-state index in [4.69, 9.17) is 0 Å². The summed E-state index contributed by atoms with van der Waals surface area (Å²) in [5.41, 5.74) is 0. The summed E-state index contributed by atoms with van der Waals surface area (Å²) in [6.07, 6.45) is 9.79. The van der Waals surface area contributed by atoms with Crippen LogP contribution in [0.2, 0.25) is 0 Å². The predicted molar refractivity (Wildman–Crippen MR) is 81.3 cm³/mol. The van der Waals surface area contributed by atoms with Crippen LogP contribution >= 0.6 is 0 Å². The maximum atomic E-state index is 11.6. The Balaban J connectivity index is 1.64. The van der Waals surface area contributed by atoms with Gasteiger partial charge in [-0.05, 0) is 31.7 Å². The van der Waals surface area contributed by atoms with E-state index in [0.717, 1.165) is 32.0 Å². The van der Waals surface area contributed by atoms with Crippen LogP contribution in [-0.4, -0.2) is 50.8 Å². The molecule has 114 valence electrons. The molecule has 1 saturated carbocycles. The lowest BCUT2D eigenvalue weighted by Gasteiger charge is -2.34. The highest BCUT2D eigenvalue weighted by atomic mass is 32.2. The summed E-state index contributed by atoms with van der Waals surface area (Å²) in [5.74, 6) is 1.07. The van der Waals surface area contributed by atoms with Crippen molar-refractivity contribution in [1.29, 1.82) is 0 Å². The summed E-state index contributed by atoms with van der Waals surface area (Å²) in [6.45, 7) is 3.09. The average Bonchev–Trinajstić information content (AvgIpc) is 2.67. The highest BCUT2D eigenvalue weighted by Crippen LogP contribution is 2.28. The fourth-order valence-electron chi connectivity index (χ4n) is 3.92. The quantitative estimate of drug-likeness (QED) is 0.840. The molecule has 5 heteroatoms. The number of hydrogen-bond donors (Lipinski definition) is 1. The van der Waals surface area contributed by atoms with Crippen LogP contribution in [0.25, 0.3) is 0 Å². The van der Waals surface area contributed by atoms with Crippen LogP contribution < -0.4 is 5.32 Å². The third-order valence-corrected chi connectivity index (χ3v) is 6.44. The molecule has 1 N–H and O–H groups in total. The molecule has 0 spiro atoms. The molecule has 2 atom stereocenters. The van der Waals surface area contributed by atoms with Crippen molar-refractivity contribution in [2.75, 3.05) is 25.4 Å². The number of nitrogens with zero attached hydrogens (tertiary/aromatic N) is 1. The van der Waals surface area contributed by atoms with Crippen LogP contribution in [0.1, 0.15) is 38.5 Å². The Hall–Kier alpha value is -0.390. The highest BCUT2D eigenvalue weighted by Gasteiger charge is 2.32. The second kappa shape index (κ2) is 6.16. The summed E-state index contributed by atoms with van der Waals surface area (Å²) in [7, 11) is -2.94. The van der Waals surface area contributed by atoms with Crippen LogP contribution in [0, 0.1) is 5.92 Å². The molecule has 1 saturated heterocycles. The minimum Gasteiger partial charge on any atom is -0.312 e. The third kappa shape index (κ3) is 3.43. The molecule has 0 bridgehead atoms. The van der Waals surface area contributed by atoms with Crippen molar-refractivity contribution in [3.05, 3.63) is 11.5 Å². The predicted octanol–water partition coefficient (Wildman–Crippen LogP) is 1.54.